The summed E-state index contributed by atoms with van der Waals surface area (Å²) in [6.07, 6.45) is 3.41. The first kappa shape index (κ1) is 19.4. The Morgan fingerprint density at radius 1 is 1.43 bits per heavy atom. The van der Waals surface area contributed by atoms with E-state index in [4.69, 9.17) is 9.94 Å². The van der Waals surface area contributed by atoms with E-state index in [1.54, 1.807) is 34.9 Å². The van der Waals surface area contributed by atoms with Gasteiger partial charge in [0.15, 0.2) is 0 Å². The number of pyridine rings is 1. The normalized spacial score (nSPS) is 16.4. The van der Waals surface area contributed by atoms with Crippen LogP contribution in [0.25, 0.3) is 16.8 Å². The van der Waals surface area contributed by atoms with Gasteiger partial charge in [0.05, 0.1) is 36.9 Å². The Hall–Kier alpha value is -3.95. The van der Waals surface area contributed by atoms with E-state index in [0.717, 1.165) is 0 Å². The van der Waals surface area contributed by atoms with Crippen molar-refractivity contribution in [1.82, 2.24) is 14.7 Å². The van der Waals surface area contributed by atoms with Crippen molar-refractivity contribution < 1.29 is 23.9 Å². The molecular weight excluding hydrogens is 393 g/mol. The second-order valence-electron chi connectivity index (χ2n) is 6.79. The summed E-state index contributed by atoms with van der Waals surface area (Å²) in [7, 11) is 0. The zero-order chi connectivity index (χ0) is 21.3. The first-order valence-corrected chi connectivity index (χ1v) is 9.13. The lowest BCUT2D eigenvalue weighted by atomic mass is 10.1. The number of halogens is 1. The molecule has 30 heavy (non-hydrogen) atoms. The molecule has 10 heteroatoms. The van der Waals surface area contributed by atoms with Gasteiger partial charge in [-0.05, 0) is 35.9 Å². The lowest BCUT2D eigenvalue weighted by molar-refractivity contribution is -0.119. The summed E-state index contributed by atoms with van der Waals surface area (Å²) in [5, 5.41) is 14.3. The molecule has 0 saturated carbocycles. The van der Waals surface area contributed by atoms with Gasteiger partial charge in [0.1, 0.15) is 17.6 Å². The van der Waals surface area contributed by atoms with Crippen molar-refractivity contribution in [3.63, 3.8) is 0 Å². The summed E-state index contributed by atoms with van der Waals surface area (Å²) in [5.41, 5.74) is 2.47. The third-order valence-corrected chi connectivity index (χ3v) is 4.76. The smallest absolute Gasteiger partial charge is 0.414 e. The number of amides is 2. The molecule has 1 atom stereocenters. The molecule has 1 fully saturated rings. The number of imidazole rings is 1. The number of oxime groups is 1. The van der Waals surface area contributed by atoms with Crippen LogP contribution in [-0.4, -0.2) is 52.0 Å². The van der Waals surface area contributed by atoms with Crippen molar-refractivity contribution in [3.8, 4) is 11.1 Å². The standard InChI is InChI=1S/C20H18FN5O4/c1-12(27)22-10-16-11-26(20(28)30-16)14-2-3-17(18(21)7-14)13-4-5-25-15(9-24-29)8-23-19(25)6-13/h2-9,16,29H,10-11H2,1H3,(H,22,27)/t16-/m0/s1. The average Bonchev–Trinajstić information content (AvgIpc) is 3.29. The Balaban J connectivity index is 1.57. The Bertz CT molecular complexity index is 1160. The molecule has 2 amide bonds. The SMILES string of the molecule is CC(=O)NC[C@H]1CN(c2ccc(-c3ccn4c(C=NO)cnc4c3)c(F)c2)C(=O)O1. The molecule has 0 aliphatic carbocycles. The Kier molecular flexibility index (Phi) is 5.05. The molecule has 1 aromatic carbocycles. The summed E-state index contributed by atoms with van der Waals surface area (Å²) < 4.78 is 21.8. The van der Waals surface area contributed by atoms with Gasteiger partial charge >= 0.3 is 6.09 Å². The molecule has 0 bridgehead atoms. The lowest BCUT2D eigenvalue weighted by Crippen LogP contribution is -2.33. The van der Waals surface area contributed by atoms with Crippen LogP contribution < -0.4 is 10.2 Å². The van der Waals surface area contributed by atoms with Crippen LogP contribution >= 0.6 is 0 Å². The first-order valence-electron chi connectivity index (χ1n) is 9.13. The number of aromatic nitrogens is 2. The van der Waals surface area contributed by atoms with E-state index >= 15 is 0 Å². The van der Waals surface area contributed by atoms with Gasteiger partial charge in [-0.1, -0.05) is 5.16 Å². The van der Waals surface area contributed by atoms with Crippen LogP contribution in [0.5, 0.6) is 0 Å². The highest BCUT2D eigenvalue weighted by atomic mass is 19.1. The van der Waals surface area contributed by atoms with E-state index in [1.165, 1.54) is 30.3 Å². The highest BCUT2D eigenvalue weighted by Crippen LogP contribution is 2.29. The topological polar surface area (TPSA) is 109 Å². The third-order valence-electron chi connectivity index (χ3n) is 4.76. The fourth-order valence-corrected chi connectivity index (χ4v) is 3.32. The molecule has 1 aliphatic heterocycles. The fraction of sp³-hybridized carbons (Fsp3) is 0.200. The molecule has 3 heterocycles. The molecule has 0 radical (unpaired) electrons. The maximum atomic E-state index is 14.9. The molecule has 0 unspecified atom stereocenters. The number of rotatable bonds is 5. The van der Waals surface area contributed by atoms with E-state index in [-0.39, 0.29) is 19.0 Å². The maximum absolute atomic E-state index is 14.9. The number of hydrogen-bond donors (Lipinski definition) is 2. The van der Waals surface area contributed by atoms with Gasteiger partial charge in [-0.25, -0.2) is 14.2 Å². The number of hydrogen-bond acceptors (Lipinski definition) is 6. The number of anilines is 1. The minimum Gasteiger partial charge on any atom is -0.442 e. The van der Waals surface area contributed by atoms with Crippen LogP contribution in [0.4, 0.5) is 14.9 Å². The largest absolute Gasteiger partial charge is 0.442 e. The molecule has 1 saturated heterocycles. The first-order chi connectivity index (χ1) is 14.5. The highest BCUT2D eigenvalue weighted by molar-refractivity contribution is 5.90. The second-order valence-corrected chi connectivity index (χ2v) is 6.79. The van der Waals surface area contributed by atoms with Crippen LogP contribution in [-0.2, 0) is 9.53 Å². The Morgan fingerprint density at radius 3 is 3.00 bits per heavy atom. The summed E-state index contributed by atoms with van der Waals surface area (Å²) >= 11 is 0. The van der Waals surface area contributed by atoms with Gasteiger partial charge in [0, 0.05) is 18.7 Å². The predicted octanol–water partition coefficient (Wildman–Crippen LogP) is 2.41. The lowest BCUT2D eigenvalue weighted by Gasteiger charge is -2.14. The third kappa shape index (κ3) is 3.66. The quantitative estimate of drug-likeness (QED) is 0.381. The summed E-state index contributed by atoms with van der Waals surface area (Å²) in [6, 6.07) is 7.93. The molecule has 4 rings (SSSR count). The number of benzene rings is 1. The van der Waals surface area contributed by atoms with Crippen LogP contribution in [0.3, 0.4) is 0 Å². The van der Waals surface area contributed by atoms with Crippen molar-refractivity contribution in [3.05, 3.63) is 54.2 Å². The van der Waals surface area contributed by atoms with E-state index in [0.29, 0.717) is 28.2 Å². The number of fused-ring (bicyclic) bond motifs is 1. The molecule has 2 aromatic heterocycles. The molecule has 9 nitrogen and oxygen atoms in total. The van der Waals surface area contributed by atoms with Gasteiger partial charge < -0.3 is 15.3 Å². The molecular formula is C20H18FN5O4. The number of carbonyl (C=O) groups is 2. The molecule has 154 valence electrons. The second kappa shape index (κ2) is 7.82. The highest BCUT2D eigenvalue weighted by Gasteiger charge is 2.32. The van der Waals surface area contributed by atoms with Crippen molar-refractivity contribution in [2.75, 3.05) is 18.0 Å². The van der Waals surface area contributed by atoms with Gasteiger partial charge in [-0.3, -0.25) is 14.1 Å². The van der Waals surface area contributed by atoms with Gasteiger partial charge in [-0.15, -0.1) is 0 Å². The van der Waals surface area contributed by atoms with E-state index in [2.05, 4.69) is 15.5 Å². The average molecular weight is 411 g/mol. The number of cyclic esters (lactones) is 1. The van der Waals surface area contributed by atoms with Crippen molar-refractivity contribution in [2.24, 2.45) is 5.16 Å². The fourth-order valence-electron chi connectivity index (χ4n) is 3.32. The van der Waals surface area contributed by atoms with Crippen LogP contribution in [0.15, 0.2) is 47.9 Å². The van der Waals surface area contributed by atoms with Crippen LogP contribution in [0.2, 0.25) is 0 Å². The zero-order valence-electron chi connectivity index (χ0n) is 15.9. The number of ether oxygens (including phenoxy) is 1. The van der Waals surface area contributed by atoms with Gasteiger partial charge in [0.25, 0.3) is 0 Å². The van der Waals surface area contributed by atoms with Crippen molar-refractivity contribution in [1.29, 1.82) is 0 Å². The van der Waals surface area contributed by atoms with Crippen LogP contribution in [0.1, 0.15) is 12.6 Å². The zero-order valence-corrected chi connectivity index (χ0v) is 15.9. The van der Waals surface area contributed by atoms with Gasteiger partial charge in [-0.2, -0.15) is 0 Å². The number of nitrogens with zero attached hydrogens (tertiary/aromatic N) is 4. The van der Waals surface area contributed by atoms with Crippen molar-refractivity contribution >= 4 is 29.5 Å². The maximum Gasteiger partial charge on any atom is 0.414 e. The predicted molar refractivity (Wildman–Crippen MR) is 106 cm³/mol. The van der Waals surface area contributed by atoms with E-state index < -0.39 is 18.0 Å². The van der Waals surface area contributed by atoms with Crippen molar-refractivity contribution in [2.45, 2.75) is 13.0 Å². The monoisotopic (exact) mass is 411 g/mol. The number of nitrogens with one attached hydrogen (secondary N) is 1. The van der Waals surface area contributed by atoms with E-state index in [1.807, 2.05) is 0 Å². The van der Waals surface area contributed by atoms with E-state index in [9.17, 15) is 14.0 Å². The summed E-state index contributed by atoms with van der Waals surface area (Å²) in [5.74, 6) is -0.719. The minimum absolute atomic E-state index is 0.200. The molecule has 2 N–H and O–H groups in total. The Morgan fingerprint density at radius 2 is 2.27 bits per heavy atom. The molecule has 1 aliphatic rings. The summed E-state index contributed by atoms with van der Waals surface area (Å²) in [4.78, 5) is 28.7. The number of carbonyl (C=O) groups excluding carboxylic acids is 2. The molecule has 3 aromatic rings. The Labute approximate surface area is 170 Å². The minimum atomic E-state index is -0.589. The summed E-state index contributed by atoms with van der Waals surface area (Å²) in [6.45, 7) is 1.79. The van der Waals surface area contributed by atoms with Gasteiger partial charge in [0.2, 0.25) is 5.91 Å². The van der Waals surface area contributed by atoms with Crippen LogP contribution in [0, 0.1) is 5.82 Å². The molecule has 0 spiro atoms.